The van der Waals surface area contributed by atoms with Crippen molar-refractivity contribution in [3.05, 3.63) is 76.1 Å². The van der Waals surface area contributed by atoms with Crippen molar-refractivity contribution in [3.8, 4) is 6.07 Å². The van der Waals surface area contributed by atoms with Gasteiger partial charge >= 0.3 is 0 Å². The largest absolute Gasteiger partial charge is 0.394 e. The molecule has 0 unspecified atom stereocenters. The second-order valence-electron chi connectivity index (χ2n) is 6.04. The van der Waals surface area contributed by atoms with E-state index in [1.165, 1.54) is 0 Å². The summed E-state index contributed by atoms with van der Waals surface area (Å²) < 4.78 is 0. The molecule has 2 aromatic rings. The molecule has 1 aromatic heterocycles. The average Bonchev–Trinajstić information content (AvgIpc) is 3.03. The summed E-state index contributed by atoms with van der Waals surface area (Å²) in [5.74, 6) is -0.591. The predicted molar refractivity (Wildman–Crippen MR) is 90.1 cm³/mol. The van der Waals surface area contributed by atoms with E-state index >= 15 is 0 Å². The summed E-state index contributed by atoms with van der Waals surface area (Å²) in [5, 5.41) is 31.3. The van der Waals surface area contributed by atoms with Crippen LogP contribution in [-0.2, 0) is 0 Å². The van der Waals surface area contributed by atoms with Crippen molar-refractivity contribution in [3.63, 3.8) is 0 Å². The highest BCUT2D eigenvalue weighted by Crippen LogP contribution is 2.39. The number of aliphatic hydroxyl groups excluding tert-OH is 1. The van der Waals surface area contributed by atoms with E-state index in [0.29, 0.717) is 5.56 Å². The van der Waals surface area contributed by atoms with Crippen molar-refractivity contribution in [2.45, 2.75) is 24.0 Å². The molecule has 128 valence electrons. The van der Waals surface area contributed by atoms with E-state index in [-0.39, 0.29) is 18.1 Å². The minimum atomic E-state index is -0.924. The third kappa shape index (κ3) is 3.22. The molecule has 1 aliphatic rings. The van der Waals surface area contributed by atoms with Crippen molar-refractivity contribution in [2.24, 2.45) is 0 Å². The van der Waals surface area contributed by atoms with Crippen LogP contribution in [-0.4, -0.2) is 45.1 Å². The van der Waals surface area contributed by atoms with Crippen molar-refractivity contribution < 1.29 is 10.0 Å². The van der Waals surface area contributed by atoms with Gasteiger partial charge in [0.25, 0.3) is 0 Å². The summed E-state index contributed by atoms with van der Waals surface area (Å²) in [5.41, 5.74) is 1.50. The Labute approximate surface area is 145 Å². The molecule has 4 atom stereocenters. The van der Waals surface area contributed by atoms with Crippen molar-refractivity contribution in [1.82, 2.24) is 9.88 Å². The Morgan fingerprint density at radius 2 is 2.12 bits per heavy atom. The molecule has 1 aromatic carbocycles. The van der Waals surface area contributed by atoms with Gasteiger partial charge in [0.05, 0.1) is 31.2 Å². The van der Waals surface area contributed by atoms with E-state index < -0.39 is 24.0 Å². The van der Waals surface area contributed by atoms with Gasteiger partial charge in [-0.3, -0.25) is 20.0 Å². The van der Waals surface area contributed by atoms with Crippen LogP contribution in [0.5, 0.6) is 0 Å². The van der Waals surface area contributed by atoms with Crippen LogP contribution in [0.3, 0.4) is 0 Å². The summed E-state index contributed by atoms with van der Waals surface area (Å²) in [7, 11) is 0. The number of nitriles is 1. The Kier molecular flexibility index (Phi) is 5.03. The molecular weight excluding hydrogens is 320 g/mol. The highest BCUT2D eigenvalue weighted by molar-refractivity contribution is 5.28. The van der Waals surface area contributed by atoms with E-state index in [2.05, 4.69) is 11.1 Å². The number of nitro groups is 1. The SMILES string of the molecule is N#C[C@@H]1[C@@H](c2cccnc2)[C@H]([N+](=O)[O-])CN1[C@@H](CO)c1ccccc1. The van der Waals surface area contributed by atoms with Crippen LogP contribution in [0.25, 0.3) is 0 Å². The molecular formula is C18H18N4O3. The lowest BCUT2D eigenvalue weighted by Gasteiger charge is -2.29. The summed E-state index contributed by atoms with van der Waals surface area (Å²) in [6.45, 7) is -0.114. The van der Waals surface area contributed by atoms with Gasteiger partial charge in [-0.05, 0) is 17.2 Å². The van der Waals surface area contributed by atoms with Gasteiger partial charge in [0.1, 0.15) is 6.04 Å². The van der Waals surface area contributed by atoms with Crippen LogP contribution < -0.4 is 0 Å². The predicted octanol–water partition coefficient (Wildman–Crippen LogP) is 1.75. The number of likely N-dealkylation sites (tertiary alicyclic amines) is 1. The number of rotatable bonds is 5. The van der Waals surface area contributed by atoms with Gasteiger partial charge in [-0.25, -0.2) is 0 Å². The first-order valence-corrected chi connectivity index (χ1v) is 8.02. The molecule has 0 saturated carbocycles. The van der Waals surface area contributed by atoms with Crippen molar-refractivity contribution in [2.75, 3.05) is 13.2 Å². The van der Waals surface area contributed by atoms with Gasteiger partial charge in [0, 0.05) is 17.3 Å². The first-order valence-electron chi connectivity index (χ1n) is 8.02. The number of pyridine rings is 1. The van der Waals surface area contributed by atoms with Gasteiger partial charge in [-0.15, -0.1) is 0 Å². The number of nitrogens with zero attached hydrogens (tertiary/aromatic N) is 4. The zero-order valence-corrected chi connectivity index (χ0v) is 13.5. The quantitative estimate of drug-likeness (QED) is 0.658. The Morgan fingerprint density at radius 3 is 2.68 bits per heavy atom. The summed E-state index contributed by atoms with van der Waals surface area (Å²) >= 11 is 0. The van der Waals surface area contributed by atoms with Gasteiger partial charge < -0.3 is 5.11 Å². The molecule has 0 aliphatic carbocycles. The first kappa shape index (κ1) is 17.0. The molecule has 7 nitrogen and oxygen atoms in total. The first-order chi connectivity index (χ1) is 12.2. The average molecular weight is 338 g/mol. The molecule has 1 saturated heterocycles. The van der Waals surface area contributed by atoms with Crippen LogP contribution >= 0.6 is 0 Å². The maximum absolute atomic E-state index is 11.6. The lowest BCUT2D eigenvalue weighted by Crippen LogP contribution is -2.36. The van der Waals surface area contributed by atoms with Crippen molar-refractivity contribution >= 4 is 0 Å². The molecule has 1 fully saturated rings. The Balaban J connectivity index is 2.01. The van der Waals surface area contributed by atoms with Gasteiger partial charge in [-0.2, -0.15) is 5.26 Å². The zero-order chi connectivity index (χ0) is 17.8. The smallest absolute Gasteiger partial charge is 0.235 e. The van der Waals surface area contributed by atoms with E-state index in [0.717, 1.165) is 5.56 Å². The van der Waals surface area contributed by atoms with Gasteiger partial charge in [0.2, 0.25) is 6.04 Å². The van der Waals surface area contributed by atoms with Gasteiger partial charge in [0.15, 0.2) is 0 Å². The van der Waals surface area contributed by atoms with E-state index in [4.69, 9.17) is 0 Å². The monoisotopic (exact) mass is 338 g/mol. The van der Waals surface area contributed by atoms with Crippen LogP contribution in [0, 0.1) is 21.4 Å². The summed E-state index contributed by atoms with van der Waals surface area (Å²) in [6, 6.07) is 12.9. The number of hydrogen-bond acceptors (Lipinski definition) is 6. The molecule has 0 bridgehead atoms. The lowest BCUT2D eigenvalue weighted by atomic mass is 9.90. The van der Waals surface area contributed by atoms with Crippen LogP contribution in [0.4, 0.5) is 0 Å². The molecule has 3 rings (SSSR count). The van der Waals surface area contributed by atoms with Crippen LogP contribution in [0.1, 0.15) is 23.1 Å². The molecule has 0 amide bonds. The Morgan fingerprint density at radius 1 is 1.36 bits per heavy atom. The molecule has 1 N–H and O–H groups in total. The second-order valence-corrected chi connectivity index (χ2v) is 6.04. The number of aliphatic hydroxyl groups is 1. The van der Waals surface area contributed by atoms with Crippen LogP contribution in [0.2, 0.25) is 0 Å². The topological polar surface area (TPSA) is 103 Å². The zero-order valence-electron chi connectivity index (χ0n) is 13.5. The van der Waals surface area contributed by atoms with Crippen molar-refractivity contribution in [1.29, 1.82) is 5.26 Å². The molecule has 7 heteroatoms. The fraction of sp³-hybridized carbons (Fsp3) is 0.333. The van der Waals surface area contributed by atoms with E-state index in [9.17, 15) is 20.5 Å². The normalized spacial score (nSPS) is 24.6. The fourth-order valence-corrected chi connectivity index (χ4v) is 3.59. The molecule has 2 heterocycles. The minimum Gasteiger partial charge on any atom is -0.394 e. The standard InChI is InChI=1S/C18H18N4O3/c19-9-15-18(14-7-4-8-20-10-14)16(22(24)25)11-21(15)17(12-23)13-5-2-1-3-6-13/h1-8,10,15-18,23H,11-12H2/t15-,16-,17+,18-/m1/s1. The maximum atomic E-state index is 11.6. The maximum Gasteiger partial charge on any atom is 0.235 e. The number of hydrogen-bond donors (Lipinski definition) is 1. The van der Waals surface area contributed by atoms with Gasteiger partial charge in [-0.1, -0.05) is 36.4 Å². The minimum absolute atomic E-state index is 0.102. The third-order valence-corrected chi connectivity index (χ3v) is 4.74. The Hall–Kier alpha value is -2.82. The molecule has 0 spiro atoms. The number of benzene rings is 1. The number of aromatic nitrogens is 1. The van der Waals surface area contributed by atoms with E-state index in [1.807, 2.05) is 30.3 Å². The molecule has 1 aliphatic heterocycles. The molecule has 0 radical (unpaired) electrons. The van der Waals surface area contributed by atoms with E-state index in [1.54, 1.807) is 29.4 Å². The highest BCUT2D eigenvalue weighted by atomic mass is 16.6. The third-order valence-electron chi connectivity index (χ3n) is 4.74. The Bertz CT molecular complexity index is 763. The highest BCUT2D eigenvalue weighted by Gasteiger charge is 2.51. The summed E-state index contributed by atoms with van der Waals surface area (Å²) in [6.07, 6.45) is 3.17. The fourth-order valence-electron chi connectivity index (χ4n) is 3.59. The lowest BCUT2D eigenvalue weighted by molar-refractivity contribution is -0.521. The second kappa shape index (κ2) is 7.38. The molecule has 25 heavy (non-hydrogen) atoms. The summed E-state index contributed by atoms with van der Waals surface area (Å²) in [4.78, 5) is 17.1. The van der Waals surface area contributed by atoms with Crippen LogP contribution in [0.15, 0.2) is 54.9 Å².